The Bertz CT molecular complexity index is 378. The molecule has 1 N–H and O–H groups in total. The van der Waals surface area contributed by atoms with Crippen LogP contribution >= 0.6 is 11.6 Å². The summed E-state index contributed by atoms with van der Waals surface area (Å²) in [5, 5.41) is 4.27. The molecule has 1 aromatic carbocycles. The Morgan fingerprint density at radius 1 is 1.47 bits per heavy atom. The molecule has 0 saturated carbocycles. The first kappa shape index (κ1) is 12.7. The third-order valence-corrected chi connectivity index (χ3v) is 3.72. The molecule has 2 nitrogen and oxygen atoms in total. The van der Waals surface area contributed by atoms with Gasteiger partial charge in [-0.1, -0.05) is 24.6 Å². The molecule has 1 aliphatic rings. The highest BCUT2D eigenvalue weighted by Gasteiger charge is 2.23. The number of rotatable bonds is 4. The minimum Gasteiger partial charge on any atom is -0.371 e. The van der Waals surface area contributed by atoms with Crippen LogP contribution in [0.4, 0.5) is 5.69 Å². The third kappa shape index (κ3) is 3.14. The lowest BCUT2D eigenvalue weighted by Crippen LogP contribution is -2.26. The van der Waals surface area contributed by atoms with Crippen molar-refractivity contribution in [3.05, 3.63) is 28.8 Å². The van der Waals surface area contributed by atoms with Crippen LogP contribution in [0.3, 0.4) is 0 Å². The molecule has 0 radical (unpaired) electrons. The van der Waals surface area contributed by atoms with Crippen LogP contribution in [0.5, 0.6) is 0 Å². The lowest BCUT2D eigenvalue weighted by atomic mass is 10.1. The summed E-state index contributed by atoms with van der Waals surface area (Å²) in [6, 6.07) is 6.16. The summed E-state index contributed by atoms with van der Waals surface area (Å²) in [6.45, 7) is 8.81. The number of hydrogen-bond acceptors (Lipinski definition) is 2. The van der Waals surface area contributed by atoms with Crippen molar-refractivity contribution in [3.63, 3.8) is 0 Å². The van der Waals surface area contributed by atoms with Gasteiger partial charge in [-0.15, -0.1) is 0 Å². The zero-order valence-electron chi connectivity index (χ0n) is 10.7. The molecule has 0 bridgehead atoms. The van der Waals surface area contributed by atoms with Crippen molar-refractivity contribution in [2.75, 3.05) is 31.1 Å². The molecule has 1 fully saturated rings. The summed E-state index contributed by atoms with van der Waals surface area (Å²) in [6.07, 6.45) is 1.28. The van der Waals surface area contributed by atoms with Gasteiger partial charge in [0.15, 0.2) is 0 Å². The van der Waals surface area contributed by atoms with Crippen LogP contribution in [0, 0.1) is 12.8 Å². The van der Waals surface area contributed by atoms with E-state index in [1.807, 2.05) is 6.07 Å². The van der Waals surface area contributed by atoms with Gasteiger partial charge in [0, 0.05) is 23.8 Å². The Kier molecular flexibility index (Phi) is 4.30. The fourth-order valence-electron chi connectivity index (χ4n) is 2.49. The molecule has 0 aromatic heterocycles. The first-order valence-electron chi connectivity index (χ1n) is 6.42. The molecule has 1 unspecified atom stereocenters. The van der Waals surface area contributed by atoms with Crippen molar-refractivity contribution < 1.29 is 0 Å². The maximum atomic E-state index is 6.08. The smallest absolute Gasteiger partial charge is 0.0426 e. The summed E-state index contributed by atoms with van der Waals surface area (Å²) in [5.74, 6) is 0.772. The second-order valence-electron chi connectivity index (χ2n) is 4.84. The predicted molar refractivity (Wildman–Crippen MR) is 75.1 cm³/mol. The zero-order valence-corrected chi connectivity index (χ0v) is 11.4. The quantitative estimate of drug-likeness (QED) is 0.886. The Morgan fingerprint density at radius 2 is 2.29 bits per heavy atom. The van der Waals surface area contributed by atoms with Crippen molar-refractivity contribution in [3.8, 4) is 0 Å². The van der Waals surface area contributed by atoms with E-state index in [4.69, 9.17) is 11.6 Å². The maximum absolute atomic E-state index is 6.08. The highest BCUT2D eigenvalue weighted by Crippen LogP contribution is 2.29. The van der Waals surface area contributed by atoms with E-state index in [9.17, 15) is 0 Å². The van der Waals surface area contributed by atoms with Crippen molar-refractivity contribution in [1.82, 2.24) is 5.32 Å². The van der Waals surface area contributed by atoms with Gasteiger partial charge in [-0.3, -0.25) is 0 Å². The first-order valence-corrected chi connectivity index (χ1v) is 6.80. The standard InChI is InChI=1S/C14H21ClN2/c1-3-16-9-12-6-7-17(10-12)14-8-13(15)5-4-11(14)2/h4-5,8,12,16H,3,6-7,9-10H2,1-2H3. The van der Waals surface area contributed by atoms with Gasteiger partial charge in [-0.25, -0.2) is 0 Å². The predicted octanol–water partition coefficient (Wildman–Crippen LogP) is 3.08. The number of hydrogen-bond donors (Lipinski definition) is 1. The molecule has 3 heteroatoms. The minimum atomic E-state index is 0.772. The summed E-state index contributed by atoms with van der Waals surface area (Å²) in [4.78, 5) is 2.46. The molecule has 0 aliphatic carbocycles. The van der Waals surface area contributed by atoms with Crippen molar-refractivity contribution >= 4 is 17.3 Å². The average Bonchev–Trinajstić information content (AvgIpc) is 2.78. The SMILES string of the molecule is CCNCC1CCN(c2cc(Cl)ccc2C)C1. The first-order chi connectivity index (χ1) is 8.20. The van der Waals surface area contributed by atoms with Crippen LogP contribution in [-0.2, 0) is 0 Å². The van der Waals surface area contributed by atoms with E-state index in [-0.39, 0.29) is 0 Å². The van der Waals surface area contributed by atoms with Crippen LogP contribution < -0.4 is 10.2 Å². The normalized spacial score (nSPS) is 19.9. The Labute approximate surface area is 109 Å². The van der Waals surface area contributed by atoms with Crippen molar-refractivity contribution in [2.24, 2.45) is 5.92 Å². The van der Waals surface area contributed by atoms with Crippen molar-refractivity contribution in [1.29, 1.82) is 0 Å². The second-order valence-corrected chi connectivity index (χ2v) is 5.28. The van der Waals surface area contributed by atoms with Crippen LogP contribution in [0.15, 0.2) is 18.2 Å². The Hall–Kier alpha value is -0.730. The van der Waals surface area contributed by atoms with Crippen LogP contribution in [0.2, 0.25) is 5.02 Å². The lowest BCUT2D eigenvalue weighted by molar-refractivity contribution is 0.528. The molecule has 1 heterocycles. The number of nitrogens with one attached hydrogen (secondary N) is 1. The van der Waals surface area contributed by atoms with Gasteiger partial charge < -0.3 is 10.2 Å². The number of benzene rings is 1. The van der Waals surface area contributed by atoms with Gasteiger partial charge in [-0.05, 0) is 50.0 Å². The molecule has 94 valence electrons. The lowest BCUT2D eigenvalue weighted by Gasteiger charge is -2.21. The number of aryl methyl sites for hydroxylation is 1. The monoisotopic (exact) mass is 252 g/mol. The molecule has 17 heavy (non-hydrogen) atoms. The maximum Gasteiger partial charge on any atom is 0.0426 e. The van der Waals surface area contributed by atoms with Crippen LogP contribution in [-0.4, -0.2) is 26.2 Å². The zero-order chi connectivity index (χ0) is 12.3. The fraction of sp³-hybridized carbons (Fsp3) is 0.571. The van der Waals surface area contributed by atoms with Gasteiger partial charge in [-0.2, -0.15) is 0 Å². The molecule has 1 aliphatic heterocycles. The largest absolute Gasteiger partial charge is 0.371 e. The summed E-state index contributed by atoms with van der Waals surface area (Å²) in [5.41, 5.74) is 2.62. The fourth-order valence-corrected chi connectivity index (χ4v) is 2.66. The van der Waals surface area contributed by atoms with E-state index in [0.29, 0.717) is 0 Å². The molecule has 0 amide bonds. The minimum absolute atomic E-state index is 0.772. The highest BCUT2D eigenvalue weighted by molar-refractivity contribution is 6.30. The Morgan fingerprint density at radius 3 is 3.06 bits per heavy atom. The van der Waals surface area contributed by atoms with Crippen LogP contribution in [0.25, 0.3) is 0 Å². The highest BCUT2D eigenvalue weighted by atomic mass is 35.5. The molecule has 1 saturated heterocycles. The molecular formula is C14H21ClN2. The number of anilines is 1. The van der Waals surface area contributed by atoms with Gasteiger partial charge in [0.05, 0.1) is 0 Å². The average molecular weight is 253 g/mol. The van der Waals surface area contributed by atoms with Gasteiger partial charge in [0.2, 0.25) is 0 Å². The molecular weight excluding hydrogens is 232 g/mol. The van der Waals surface area contributed by atoms with Gasteiger partial charge in [0.25, 0.3) is 0 Å². The van der Waals surface area contributed by atoms with Gasteiger partial charge >= 0.3 is 0 Å². The molecule has 1 atom stereocenters. The van der Waals surface area contributed by atoms with Crippen molar-refractivity contribution in [2.45, 2.75) is 20.3 Å². The van der Waals surface area contributed by atoms with E-state index in [1.54, 1.807) is 0 Å². The van der Waals surface area contributed by atoms with Gasteiger partial charge in [0.1, 0.15) is 0 Å². The third-order valence-electron chi connectivity index (χ3n) is 3.48. The number of nitrogens with zero attached hydrogens (tertiary/aromatic N) is 1. The van der Waals surface area contributed by atoms with E-state index < -0.39 is 0 Å². The topological polar surface area (TPSA) is 15.3 Å². The number of halogens is 1. The summed E-state index contributed by atoms with van der Waals surface area (Å²) in [7, 11) is 0. The molecule has 0 spiro atoms. The van der Waals surface area contributed by atoms with E-state index in [0.717, 1.165) is 37.1 Å². The van der Waals surface area contributed by atoms with E-state index >= 15 is 0 Å². The summed E-state index contributed by atoms with van der Waals surface area (Å²) < 4.78 is 0. The Balaban J connectivity index is 2.02. The second kappa shape index (κ2) is 5.74. The van der Waals surface area contributed by atoms with Crippen LogP contribution in [0.1, 0.15) is 18.9 Å². The van der Waals surface area contributed by atoms with E-state index in [2.05, 4.69) is 36.2 Å². The van der Waals surface area contributed by atoms with E-state index in [1.165, 1.54) is 17.7 Å². The summed E-state index contributed by atoms with van der Waals surface area (Å²) >= 11 is 6.08. The molecule has 2 rings (SSSR count). The molecule has 1 aromatic rings.